The Labute approximate surface area is 86.7 Å². The fourth-order valence-corrected chi connectivity index (χ4v) is 1.54. The standard InChI is InChI=1S/C8H10N4OS/c13-7-10-6(11-8(14)12-7)5-1-3-9-4-2-5/h1-4,6,8,11,14H,(H2,10,12,13). The van der Waals surface area contributed by atoms with Gasteiger partial charge in [-0.3, -0.25) is 10.3 Å². The SMILES string of the molecule is O=C1NC(S)NC(c2ccncc2)N1. The molecule has 2 rings (SSSR count). The first-order valence-corrected chi connectivity index (χ1v) is 4.68. The molecule has 1 aromatic heterocycles. The zero-order chi connectivity index (χ0) is 9.97. The predicted octanol–water partition coefficient (Wildman–Crippen LogP) is 0.196. The van der Waals surface area contributed by atoms with E-state index in [9.17, 15) is 4.79 Å². The molecule has 2 atom stereocenters. The van der Waals surface area contributed by atoms with Gasteiger partial charge in [-0.05, 0) is 17.7 Å². The highest BCUT2D eigenvalue weighted by Crippen LogP contribution is 2.11. The fraction of sp³-hybridized carbons (Fsp3) is 0.250. The summed E-state index contributed by atoms with van der Waals surface area (Å²) in [6.45, 7) is 0. The number of nitrogens with zero attached hydrogens (tertiary/aromatic N) is 1. The van der Waals surface area contributed by atoms with Crippen molar-refractivity contribution in [2.45, 2.75) is 11.7 Å². The summed E-state index contributed by atoms with van der Waals surface area (Å²) in [5, 5.41) is 8.35. The second-order valence-corrected chi connectivity index (χ2v) is 3.42. The smallest absolute Gasteiger partial charge is 0.318 e. The van der Waals surface area contributed by atoms with Crippen LogP contribution < -0.4 is 16.0 Å². The van der Waals surface area contributed by atoms with Crippen LogP contribution in [-0.4, -0.2) is 16.5 Å². The van der Waals surface area contributed by atoms with Gasteiger partial charge in [0, 0.05) is 12.4 Å². The van der Waals surface area contributed by atoms with Crippen LogP contribution in [0.3, 0.4) is 0 Å². The molecule has 6 heteroatoms. The van der Waals surface area contributed by atoms with E-state index in [0.717, 1.165) is 5.56 Å². The van der Waals surface area contributed by atoms with Crippen LogP contribution in [0, 0.1) is 0 Å². The first-order chi connectivity index (χ1) is 6.75. The highest BCUT2D eigenvalue weighted by Gasteiger charge is 2.22. The highest BCUT2D eigenvalue weighted by molar-refractivity contribution is 7.80. The fourth-order valence-electron chi connectivity index (χ4n) is 1.27. The van der Waals surface area contributed by atoms with Gasteiger partial charge >= 0.3 is 6.03 Å². The topological polar surface area (TPSA) is 66.0 Å². The molecule has 0 aliphatic carbocycles. The second kappa shape index (κ2) is 3.85. The number of aromatic nitrogens is 1. The molecular weight excluding hydrogens is 200 g/mol. The number of hydrogen-bond donors (Lipinski definition) is 4. The van der Waals surface area contributed by atoms with Crippen molar-refractivity contribution in [2.24, 2.45) is 0 Å². The number of carbonyl (C=O) groups excluding carboxylic acids is 1. The summed E-state index contributed by atoms with van der Waals surface area (Å²) in [7, 11) is 0. The summed E-state index contributed by atoms with van der Waals surface area (Å²) in [4.78, 5) is 15.0. The monoisotopic (exact) mass is 210 g/mol. The highest BCUT2D eigenvalue weighted by atomic mass is 32.1. The van der Waals surface area contributed by atoms with E-state index < -0.39 is 0 Å². The van der Waals surface area contributed by atoms with Gasteiger partial charge in [-0.2, -0.15) is 0 Å². The van der Waals surface area contributed by atoms with E-state index in [-0.39, 0.29) is 17.7 Å². The van der Waals surface area contributed by atoms with Crippen LogP contribution in [0.15, 0.2) is 24.5 Å². The van der Waals surface area contributed by atoms with Crippen LogP contribution >= 0.6 is 12.6 Å². The number of pyridine rings is 1. The Kier molecular flexibility index (Phi) is 2.55. The second-order valence-electron chi connectivity index (χ2n) is 2.90. The third-order valence-electron chi connectivity index (χ3n) is 1.91. The van der Waals surface area contributed by atoms with E-state index in [0.29, 0.717) is 0 Å². The van der Waals surface area contributed by atoms with Crippen LogP contribution in [0.5, 0.6) is 0 Å². The molecule has 1 fully saturated rings. The summed E-state index contributed by atoms with van der Waals surface area (Å²) in [5.41, 5.74) is 0.621. The number of nitrogens with one attached hydrogen (secondary N) is 3. The molecule has 1 saturated heterocycles. The molecule has 1 aliphatic heterocycles. The summed E-state index contributed by atoms with van der Waals surface area (Å²) in [6.07, 6.45) is 3.14. The number of hydrogen-bond acceptors (Lipinski definition) is 4. The molecular formula is C8H10N4OS. The lowest BCUT2D eigenvalue weighted by atomic mass is 10.2. The molecule has 0 aromatic carbocycles. The molecule has 3 N–H and O–H groups in total. The Bertz CT molecular complexity index is 331. The van der Waals surface area contributed by atoms with Crippen LogP contribution in [0.4, 0.5) is 4.79 Å². The normalized spacial score (nSPS) is 26.5. The van der Waals surface area contributed by atoms with Gasteiger partial charge < -0.3 is 10.6 Å². The van der Waals surface area contributed by atoms with Crippen molar-refractivity contribution < 1.29 is 4.79 Å². The van der Waals surface area contributed by atoms with Crippen molar-refractivity contribution in [3.05, 3.63) is 30.1 Å². The third kappa shape index (κ3) is 1.97. The molecule has 0 saturated carbocycles. The third-order valence-corrected chi connectivity index (χ3v) is 2.19. The Morgan fingerprint density at radius 1 is 1.29 bits per heavy atom. The van der Waals surface area contributed by atoms with Gasteiger partial charge in [0.15, 0.2) is 0 Å². The number of thiol groups is 1. The van der Waals surface area contributed by atoms with Crippen LogP contribution in [-0.2, 0) is 0 Å². The average Bonchev–Trinajstić information content (AvgIpc) is 2.18. The van der Waals surface area contributed by atoms with E-state index in [1.54, 1.807) is 12.4 Å². The number of amides is 2. The zero-order valence-electron chi connectivity index (χ0n) is 7.27. The van der Waals surface area contributed by atoms with Crippen molar-refractivity contribution in [2.75, 3.05) is 0 Å². The maximum atomic E-state index is 11.1. The average molecular weight is 210 g/mol. The molecule has 0 spiro atoms. The van der Waals surface area contributed by atoms with Gasteiger partial charge in [-0.15, -0.1) is 12.6 Å². The number of urea groups is 1. The first-order valence-electron chi connectivity index (χ1n) is 4.17. The van der Waals surface area contributed by atoms with Crippen LogP contribution in [0.25, 0.3) is 0 Å². The molecule has 5 nitrogen and oxygen atoms in total. The summed E-state index contributed by atoms with van der Waals surface area (Å²) < 4.78 is 0. The van der Waals surface area contributed by atoms with Crippen molar-refractivity contribution in [1.29, 1.82) is 0 Å². The minimum absolute atomic E-state index is 0.214. The Hall–Kier alpha value is -1.27. The molecule has 74 valence electrons. The molecule has 0 radical (unpaired) electrons. The van der Waals surface area contributed by atoms with E-state index in [4.69, 9.17) is 0 Å². The molecule has 1 aromatic rings. The maximum absolute atomic E-state index is 11.1. The Morgan fingerprint density at radius 2 is 2.00 bits per heavy atom. The van der Waals surface area contributed by atoms with Crippen LogP contribution in [0.2, 0.25) is 0 Å². The van der Waals surface area contributed by atoms with Gasteiger partial charge in [0.05, 0.1) is 0 Å². The van der Waals surface area contributed by atoms with Crippen molar-refractivity contribution >= 4 is 18.7 Å². The molecule has 2 unspecified atom stereocenters. The summed E-state index contributed by atoms with van der Waals surface area (Å²) in [5.74, 6) is 0. The minimum atomic E-state index is -0.332. The lowest BCUT2D eigenvalue weighted by molar-refractivity contribution is 0.220. The zero-order valence-corrected chi connectivity index (χ0v) is 8.16. The van der Waals surface area contributed by atoms with Crippen LogP contribution in [0.1, 0.15) is 11.7 Å². The Morgan fingerprint density at radius 3 is 2.64 bits per heavy atom. The molecule has 1 aliphatic rings. The molecule has 2 heterocycles. The molecule has 2 amide bonds. The predicted molar refractivity (Wildman–Crippen MR) is 54.6 cm³/mol. The van der Waals surface area contributed by atoms with E-state index >= 15 is 0 Å². The van der Waals surface area contributed by atoms with E-state index in [2.05, 4.69) is 33.6 Å². The van der Waals surface area contributed by atoms with Crippen molar-refractivity contribution in [3.63, 3.8) is 0 Å². The van der Waals surface area contributed by atoms with Gasteiger partial charge in [-0.1, -0.05) is 0 Å². The van der Waals surface area contributed by atoms with Crippen molar-refractivity contribution in [1.82, 2.24) is 20.9 Å². The largest absolute Gasteiger partial charge is 0.318 e. The Balaban J connectivity index is 2.15. The lowest BCUT2D eigenvalue weighted by Crippen LogP contribution is -2.58. The first kappa shape index (κ1) is 9.29. The van der Waals surface area contributed by atoms with E-state index in [1.807, 2.05) is 12.1 Å². The summed E-state index contributed by atoms with van der Waals surface area (Å²) >= 11 is 4.13. The van der Waals surface area contributed by atoms with E-state index in [1.165, 1.54) is 0 Å². The molecule has 14 heavy (non-hydrogen) atoms. The van der Waals surface area contributed by atoms with Gasteiger partial charge in [0.25, 0.3) is 0 Å². The molecule has 0 bridgehead atoms. The van der Waals surface area contributed by atoms with Gasteiger partial charge in [0.1, 0.15) is 11.7 Å². The van der Waals surface area contributed by atoms with Gasteiger partial charge in [0.2, 0.25) is 0 Å². The van der Waals surface area contributed by atoms with Crippen molar-refractivity contribution in [3.8, 4) is 0 Å². The maximum Gasteiger partial charge on any atom is 0.318 e. The number of rotatable bonds is 1. The minimum Gasteiger partial charge on any atom is -0.318 e. The quantitative estimate of drug-likeness (QED) is 0.500. The summed E-state index contributed by atoms with van der Waals surface area (Å²) in [6, 6.07) is 3.44. The lowest BCUT2D eigenvalue weighted by Gasteiger charge is -2.30. The van der Waals surface area contributed by atoms with Gasteiger partial charge in [-0.25, -0.2) is 4.79 Å². The number of carbonyl (C=O) groups is 1.